The average molecular weight is 275 g/mol. The Morgan fingerprint density at radius 1 is 1.20 bits per heavy atom. The highest BCUT2D eigenvalue weighted by atomic mass is 19.1. The van der Waals surface area contributed by atoms with Crippen molar-refractivity contribution in [1.29, 1.82) is 0 Å². The van der Waals surface area contributed by atoms with Crippen LogP contribution in [0, 0.1) is 11.6 Å². The van der Waals surface area contributed by atoms with Gasteiger partial charge in [0.05, 0.1) is 12.2 Å². The monoisotopic (exact) mass is 275 g/mol. The molecular weight excluding hydrogens is 260 g/mol. The fourth-order valence-corrected chi connectivity index (χ4v) is 2.37. The van der Waals surface area contributed by atoms with E-state index in [2.05, 4.69) is 12.2 Å². The summed E-state index contributed by atoms with van der Waals surface area (Å²) in [5, 5.41) is 3.22. The van der Waals surface area contributed by atoms with Gasteiger partial charge in [-0.2, -0.15) is 0 Å². The molecule has 1 unspecified atom stereocenters. The Labute approximate surface area is 116 Å². The van der Waals surface area contributed by atoms with Crippen molar-refractivity contribution in [2.75, 3.05) is 11.9 Å². The number of fused-ring (bicyclic) bond motifs is 1. The summed E-state index contributed by atoms with van der Waals surface area (Å²) in [4.78, 5) is 0. The molecule has 1 aliphatic heterocycles. The molecule has 0 fully saturated rings. The van der Waals surface area contributed by atoms with Gasteiger partial charge >= 0.3 is 0 Å². The van der Waals surface area contributed by atoms with Crippen LogP contribution < -0.4 is 10.1 Å². The van der Waals surface area contributed by atoms with Crippen molar-refractivity contribution in [3.8, 4) is 5.75 Å². The van der Waals surface area contributed by atoms with Gasteiger partial charge < -0.3 is 10.1 Å². The maximum Gasteiger partial charge on any atom is 0.144 e. The molecule has 4 heteroatoms. The van der Waals surface area contributed by atoms with E-state index in [0.717, 1.165) is 24.2 Å². The Hall–Kier alpha value is -2.10. The summed E-state index contributed by atoms with van der Waals surface area (Å²) in [6, 6.07) is 9.29. The van der Waals surface area contributed by atoms with Gasteiger partial charge in [-0.25, -0.2) is 8.78 Å². The molecule has 2 aromatic rings. The zero-order chi connectivity index (χ0) is 14.1. The summed E-state index contributed by atoms with van der Waals surface area (Å²) in [6.45, 7) is 2.50. The van der Waals surface area contributed by atoms with E-state index < -0.39 is 17.7 Å². The average Bonchev–Trinajstić information content (AvgIpc) is 2.48. The maximum atomic E-state index is 13.8. The lowest BCUT2D eigenvalue weighted by Crippen LogP contribution is -2.24. The van der Waals surface area contributed by atoms with E-state index >= 15 is 0 Å². The molecule has 0 spiro atoms. The Bertz CT molecular complexity index is 642. The molecule has 1 heterocycles. The van der Waals surface area contributed by atoms with Gasteiger partial charge in [0.2, 0.25) is 0 Å². The molecule has 2 aromatic carbocycles. The number of hydrogen-bond donors (Lipinski definition) is 1. The molecule has 0 saturated heterocycles. The number of rotatable bonds is 2. The van der Waals surface area contributed by atoms with E-state index in [1.54, 1.807) is 0 Å². The lowest BCUT2D eigenvalue weighted by atomic mass is 10.1. The van der Waals surface area contributed by atoms with Crippen LogP contribution in [0.4, 0.5) is 14.5 Å². The molecule has 1 N–H and O–H groups in total. The van der Waals surface area contributed by atoms with Gasteiger partial charge in [-0.15, -0.1) is 0 Å². The van der Waals surface area contributed by atoms with Crippen molar-refractivity contribution in [2.45, 2.75) is 19.4 Å². The summed E-state index contributed by atoms with van der Waals surface area (Å²) < 4.78 is 32.8. The molecule has 2 nitrogen and oxygen atoms in total. The fraction of sp³-hybridized carbons (Fsp3) is 0.250. The maximum absolute atomic E-state index is 13.8. The van der Waals surface area contributed by atoms with Gasteiger partial charge in [-0.1, -0.05) is 13.0 Å². The van der Waals surface area contributed by atoms with Crippen LogP contribution >= 0.6 is 0 Å². The van der Waals surface area contributed by atoms with E-state index in [9.17, 15) is 8.78 Å². The molecular formula is C16H15F2NO. The largest absolute Gasteiger partial charge is 0.482 e. The first-order valence-corrected chi connectivity index (χ1v) is 6.65. The van der Waals surface area contributed by atoms with Crippen molar-refractivity contribution in [1.82, 2.24) is 0 Å². The minimum Gasteiger partial charge on any atom is -0.482 e. The fourth-order valence-electron chi connectivity index (χ4n) is 2.37. The summed E-state index contributed by atoms with van der Waals surface area (Å²) in [7, 11) is 0. The second kappa shape index (κ2) is 5.12. The highest BCUT2D eigenvalue weighted by Gasteiger charge is 2.24. The van der Waals surface area contributed by atoms with Gasteiger partial charge in [0.15, 0.2) is 0 Å². The number of nitrogens with one attached hydrogen (secondary N) is 1. The van der Waals surface area contributed by atoms with Crippen molar-refractivity contribution in [3.63, 3.8) is 0 Å². The summed E-state index contributed by atoms with van der Waals surface area (Å²) in [5.74, 6) is -0.244. The van der Waals surface area contributed by atoms with Crippen LogP contribution in [0.15, 0.2) is 36.4 Å². The highest BCUT2D eigenvalue weighted by Crippen LogP contribution is 2.35. The molecule has 0 bridgehead atoms. The summed E-state index contributed by atoms with van der Waals surface area (Å²) in [6.07, 6.45) is 0.419. The molecule has 0 saturated carbocycles. The van der Waals surface area contributed by atoms with E-state index in [-0.39, 0.29) is 5.56 Å². The van der Waals surface area contributed by atoms with Gasteiger partial charge in [-0.05, 0) is 42.3 Å². The second-order valence-electron chi connectivity index (χ2n) is 4.84. The van der Waals surface area contributed by atoms with E-state index in [0.29, 0.717) is 12.3 Å². The van der Waals surface area contributed by atoms with Crippen LogP contribution in [0.1, 0.15) is 24.2 Å². The SMILES string of the molecule is CCc1ccc2c(c1)NCC(c1cc(F)ccc1F)O2. The Morgan fingerprint density at radius 3 is 2.85 bits per heavy atom. The van der Waals surface area contributed by atoms with Crippen LogP contribution in [-0.2, 0) is 6.42 Å². The van der Waals surface area contributed by atoms with E-state index in [1.165, 1.54) is 11.6 Å². The molecule has 3 rings (SSSR count). The third-order valence-electron chi connectivity index (χ3n) is 3.50. The normalized spacial score (nSPS) is 17.1. The molecule has 1 atom stereocenters. The Balaban J connectivity index is 1.90. The molecule has 0 amide bonds. The highest BCUT2D eigenvalue weighted by molar-refractivity contribution is 5.60. The number of benzene rings is 2. The molecule has 104 valence electrons. The molecule has 1 aliphatic rings. The van der Waals surface area contributed by atoms with E-state index in [4.69, 9.17) is 4.74 Å². The lowest BCUT2D eigenvalue weighted by molar-refractivity contribution is 0.204. The number of hydrogen-bond acceptors (Lipinski definition) is 2. The molecule has 20 heavy (non-hydrogen) atoms. The first kappa shape index (κ1) is 12.9. The first-order valence-electron chi connectivity index (χ1n) is 6.65. The standard InChI is InChI=1S/C16H15F2NO/c1-2-10-3-6-15-14(7-10)19-9-16(20-15)12-8-11(17)4-5-13(12)18/h3-8,16,19H,2,9H2,1H3. The number of anilines is 1. The minimum atomic E-state index is -0.523. The molecule has 0 aromatic heterocycles. The van der Waals surface area contributed by atoms with Crippen LogP contribution in [0.2, 0.25) is 0 Å². The van der Waals surface area contributed by atoms with Gasteiger partial charge in [0.1, 0.15) is 23.5 Å². The Morgan fingerprint density at radius 2 is 2.05 bits per heavy atom. The molecule has 0 radical (unpaired) electrons. The number of ether oxygens (including phenoxy) is 1. The zero-order valence-corrected chi connectivity index (χ0v) is 11.1. The van der Waals surface area contributed by atoms with E-state index in [1.807, 2.05) is 18.2 Å². The summed E-state index contributed by atoms with van der Waals surface area (Å²) >= 11 is 0. The van der Waals surface area contributed by atoms with Crippen LogP contribution in [0.3, 0.4) is 0 Å². The topological polar surface area (TPSA) is 21.3 Å². The first-order chi connectivity index (χ1) is 9.67. The lowest BCUT2D eigenvalue weighted by Gasteiger charge is -2.28. The zero-order valence-electron chi connectivity index (χ0n) is 11.1. The van der Waals surface area contributed by atoms with Crippen LogP contribution in [0.25, 0.3) is 0 Å². The quantitative estimate of drug-likeness (QED) is 0.892. The second-order valence-corrected chi connectivity index (χ2v) is 4.84. The Kier molecular flexibility index (Phi) is 3.30. The van der Waals surface area contributed by atoms with Gasteiger partial charge in [0, 0.05) is 5.56 Å². The predicted molar refractivity (Wildman–Crippen MR) is 74.0 cm³/mol. The minimum absolute atomic E-state index is 0.239. The number of halogens is 2. The van der Waals surface area contributed by atoms with Gasteiger partial charge in [0.25, 0.3) is 0 Å². The third-order valence-corrected chi connectivity index (χ3v) is 3.50. The van der Waals surface area contributed by atoms with Crippen molar-refractivity contribution >= 4 is 5.69 Å². The van der Waals surface area contributed by atoms with Gasteiger partial charge in [-0.3, -0.25) is 0 Å². The van der Waals surface area contributed by atoms with Crippen LogP contribution in [0.5, 0.6) is 5.75 Å². The van der Waals surface area contributed by atoms with Crippen molar-refractivity contribution in [3.05, 3.63) is 59.2 Å². The predicted octanol–water partition coefficient (Wildman–Crippen LogP) is 4.07. The van der Waals surface area contributed by atoms with Crippen LogP contribution in [-0.4, -0.2) is 6.54 Å². The molecule has 0 aliphatic carbocycles. The smallest absolute Gasteiger partial charge is 0.144 e. The third kappa shape index (κ3) is 2.33. The van der Waals surface area contributed by atoms with Crippen molar-refractivity contribution < 1.29 is 13.5 Å². The van der Waals surface area contributed by atoms with Crippen molar-refractivity contribution in [2.24, 2.45) is 0 Å². The summed E-state index contributed by atoms with van der Waals surface area (Å²) in [5.41, 5.74) is 2.34. The number of aryl methyl sites for hydroxylation is 1.